The minimum Gasteiger partial charge on any atom is -0.477 e. The number of aryl methyl sites for hydroxylation is 1. The number of hydrogen-bond acceptors (Lipinski definition) is 5. The lowest BCUT2D eigenvalue weighted by atomic mass is 10.1. The molecule has 6 heteroatoms. The third-order valence-electron chi connectivity index (χ3n) is 3.43. The average molecular weight is 367 g/mol. The maximum Gasteiger partial charge on any atom is 0.354 e. The molecule has 1 N–H and O–H groups in total. The van der Waals surface area contributed by atoms with E-state index in [1.54, 1.807) is 58.0 Å². The Bertz CT molecular complexity index is 905. The van der Waals surface area contributed by atoms with Crippen LogP contribution in [0.2, 0.25) is 0 Å². The van der Waals surface area contributed by atoms with Crippen LogP contribution < -0.4 is 0 Å². The normalized spacial score (nSPS) is 11.4. The van der Waals surface area contributed by atoms with Crippen LogP contribution >= 0.6 is 0 Å². The Balaban J connectivity index is 2.13. The van der Waals surface area contributed by atoms with Crippen LogP contribution in [0.15, 0.2) is 42.5 Å². The maximum atomic E-state index is 12.3. The summed E-state index contributed by atoms with van der Waals surface area (Å²) in [6, 6.07) is 9.42. The molecule has 27 heavy (non-hydrogen) atoms. The van der Waals surface area contributed by atoms with Gasteiger partial charge in [0, 0.05) is 11.3 Å². The summed E-state index contributed by atoms with van der Waals surface area (Å²) >= 11 is 0. The van der Waals surface area contributed by atoms with Gasteiger partial charge in [-0.1, -0.05) is 18.2 Å². The topological polar surface area (TPSA) is 93.6 Å². The molecule has 0 bridgehead atoms. The molecule has 0 aliphatic rings. The van der Waals surface area contributed by atoms with Gasteiger partial charge < -0.3 is 9.84 Å². The van der Waals surface area contributed by atoms with Crippen molar-refractivity contribution in [1.82, 2.24) is 4.98 Å². The number of carbonyl (C=O) groups excluding carboxylic acids is 2. The Hall–Kier alpha value is -3.28. The summed E-state index contributed by atoms with van der Waals surface area (Å²) in [4.78, 5) is 39.2. The molecule has 0 fully saturated rings. The monoisotopic (exact) mass is 367 g/mol. The van der Waals surface area contributed by atoms with Crippen LogP contribution in [0, 0.1) is 6.92 Å². The van der Waals surface area contributed by atoms with Gasteiger partial charge in [0.1, 0.15) is 11.3 Å². The fraction of sp³-hybridized carbons (Fsp3) is 0.238. The van der Waals surface area contributed by atoms with Gasteiger partial charge in [-0.05, 0) is 63.6 Å². The fourth-order valence-electron chi connectivity index (χ4n) is 2.26. The SMILES string of the molecule is Cc1cc(C(=O)C=Cc2ccc(C(=O)OC(C)(C)C)cc2)cc(C(=O)O)n1. The molecule has 1 heterocycles. The van der Waals surface area contributed by atoms with E-state index in [1.165, 1.54) is 18.2 Å². The highest BCUT2D eigenvalue weighted by Gasteiger charge is 2.17. The van der Waals surface area contributed by atoms with Gasteiger partial charge in [0.2, 0.25) is 0 Å². The minimum absolute atomic E-state index is 0.173. The second kappa shape index (κ2) is 7.95. The summed E-state index contributed by atoms with van der Waals surface area (Å²) in [5, 5.41) is 9.04. The Kier molecular flexibility index (Phi) is 5.90. The number of ether oxygens (including phenoxy) is 1. The first kappa shape index (κ1) is 20.0. The van der Waals surface area contributed by atoms with E-state index in [2.05, 4.69) is 4.98 Å². The first-order valence-corrected chi connectivity index (χ1v) is 8.33. The molecule has 0 saturated heterocycles. The van der Waals surface area contributed by atoms with Crippen molar-refractivity contribution in [2.45, 2.75) is 33.3 Å². The van der Waals surface area contributed by atoms with Crippen molar-refractivity contribution in [3.8, 4) is 0 Å². The number of carbonyl (C=O) groups is 3. The molecule has 6 nitrogen and oxygen atoms in total. The Morgan fingerprint density at radius 2 is 1.67 bits per heavy atom. The molecule has 0 aliphatic heterocycles. The molecule has 0 atom stereocenters. The zero-order valence-corrected chi connectivity index (χ0v) is 15.6. The largest absolute Gasteiger partial charge is 0.477 e. The number of aromatic nitrogens is 1. The lowest BCUT2D eigenvalue weighted by molar-refractivity contribution is 0.00692. The third kappa shape index (κ3) is 5.88. The fourth-order valence-corrected chi connectivity index (χ4v) is 2.26. The molecular formula is C21H21NO5. The van der Waals surface area contributed by atoms with Crippen LogP contribution in [0.4, 0.5) is 0 Å². The zero-order valence-electron chi connectivity index (χ0n) is 15.6. The van der Waals surface area contributed by atoms with Gasteiger partial charge in [-0.25, -0.2) is 14.6 Å². The van der Waals surface area contributed by atoms with Crippen molar-refractivity contribution >= 4 is 23.8 Å². The van der Waals surface area contributed by atoms with E-state index < -0.39 is 17.5 Å². The lowest BCUT2D eigenvalue weighted by Gasteiger charge is -2.19. The van der Waals surface area contributed by atoms with Crippen LogP contribution in [-0.2, 0) is 4.74 Å². The standard InChI is InChI=1S/C21H21NO5/c1-13-11-16(12-17(22-13)19(24)25)18(23)10-7-14-5-8-15(9-6-14)20(26)27-21(2,3)4/h5-12H,1-4H3,(H,24,25). The van der Waals surface area contributed by atoms with E-state index in [0.29, 0.717) is 11.3 Å². The van der Waals surface area contributed by atoms with Crippen molar-refractivity contribution in [3.63, 3.8) is 0 Å². The second-order valence-corrected chi connectivity index (χ2v) is 7.01. The third-order valence-corrected chi connectivity index (χ3v) is 3.43. The number of aromatic carboxylic acids is 1. The molecule has 0 amide bonds. The number of ketones is 1. The van der Waals surface area contributed by atoms with E-state index in [-0.39, 0.29) is 17.0 Å². The molecule has 0 aliphatic carbocycles. The van der Waals surface area contributed by atoms with Crippen LogP contribution in [0.5, 0.6) is 0 Å². The minimum atomic E-state index is -1.19. The molecule has 0 radical (unpaired) electrons. The van der Waals surface area contributed by atoms with Gasteiger partial charge in [-0.3, -0.25) is 4.79 Å². The molecule has 0 spiro atoms. The Morgan fingerprint density at radius 3 is 2.22 bits per heavy atom. The van der Waals surface area contributed by atoms with E-state index in [0.717, 1.165) is 5.56 Å². The molecule has 2 aromatic rings. The number of carboxylic acids is 1. The predicted molar refractivity (Wildman–Crippen MR) is 101 cm³/mol. The number of pyridine rings is 1. The van der Waals surface area contributed by atoms with Crippen molar-refractivity contribution in [3.05, 3.63) is 70.6 Å². The van der Waals surface area contributed by atoms with Crippen LogP contribution in [-0.4, -0.2) is 33.4 Å². The van der Waals surface area contributed by atoms with E-state index >= 15 is 0 Å². The molecule has 0 saturated carbocycles. The zero-order chi connectivity index (χ0) is 20.2. The van der Waals surface area contributed by atoms with Crippen molar-refractivity contribution in [1.29, 1.82) is 0 Å². The summed E-state index contributed by atoms with van der Waals surface area (Å²) in [5.74, 6) is -1.93. The molecular weight excluding hydrogens is 346 g/mol. The highest BCUT2D eigenvalue weighted by Crippen LogP contribution is 2.14. The van der Waals surface area contributed by atoms with Gasteiger partial charge in [-0.2, -0.15) is 0 Å². The molecule has 1 aromatic heterocycles. The smallest absolute Gasteiger partial charge is 0.354 e. The van der Waals surface area contributed by atoms with Gasteiger partial charge in [0.25, 0.3) is 0 Å². The van der Waals surface area contributed by atoms with Gasteiger partial charge >= 0.3 is 11.9 Å². The summed E-state index contributed by atoms with van der Waals surface area (Å²) in [5.41, 5.74) is 1.10. The van der Waals surface area contributed by atoms with Crippen molar-refractivity contribution in [2.24, 2.45) is 0 Å². The molecule has 1 aromatic carbocycles. The van der Waals surface area contributed by atoms with E-state index in [4.69, 9.17) is 9.84 Å². The predicted octanol–water partition coefficient (Wildman–Crippen LogP) is 3.94. The molecule has 140 valence electrons. The van der Waals surface area contributed by atoms with Gasteiger partial charge in [0.15, 0.2) is 5.78 Å². The number of rotatable bonds is 5. The molecule has 0 unspecified atom stereocenters. The first-order valence-electron chi connectivity index (χ1n) is 8.33. The quantitative estimate of drug-likeness (QED) is 0.489. The van der Waals surface area contributed by atoms with Gasteiger partial charge in [-0.15, -0.1) is 0 Å². The maximum absolute atomic E-state index is 12.3. The summed E-state index contributed by atoms with van der Waals surface area (Å²) in [7, 11) is 0. The Labute approximate surface area is 157 Å². The average Bonchev–Trinajstić information content (AvgIpc) is 2.58. The van der Waals surface area contributed by atoms with Crippen LogP contribution in [0.3, 0.4) is 0 Å². The first-order chi connectivity index (χ1) is 12.5. The lowest BCUT2D eigenvalue weighted by Crippen LogP contribution is -2.23. The summed E-state index contributed by atoms with van der Waals surface area (Å²) in [6.45, 7) is 7.01. The Morgan fingerprint density at radius 1 is 1.04 bits per heavy atom. The number of carboxylic acid groups (broad SMARTS) is 1. The highest BCUT2D eigenvalue weighted by atomic mass is 16.6. The van der Waals surface area contributed by atoms with Crippen molar-refractivity contribution in [2.75, 3.05) is 0 Å². The second-order valence-electron chi connectivity index (χ2n) is 7.01. The number of nitrogens with zero attached hydrogens (tertiary/aromatic N) is 1. The number of benzene rings is 1. The van der Waals surface area contributed by atoms with Crippen LogP contribution in [0.1, 0.15) is 63.2 Å². The highest BCUT2D eigenvalue weighted by molar-refractivity contribution is 6.07. The van der Waals surface area contributed by atoms with Crippen molar-refractivity contribution < 1.29 is 24.2 Å². The van der Waals surface area contributed by atoms with Gasteiger partial charge in [0.05, 0.1) is 5.56 Å². The summed E-state index contributed by atoms with van der Waals surface area (Å²) < 4.78 is 5.30. The summed E-state index contributed by atoms with van der Waals surface area (Å²) in [6.07, 6.45) is 2.94. The number of esters is 1. The molecule has 2 rings (SSSR count). The van der Waals surface area contributed by atoms with E-state index in [1.807, 2.05) is 0 Å². The number of hydrogen-bond donors (Lipinski definition) is 1. The van der Waals surface area contributed by atoms with Crippen LogP contribution in [0.25, 0.3) is 6.08 Å². The van der Waals surface area contributed by atoms with E-state index in [9.17, 15) is 14.4 Å². The number of allylic oxidation sites excluding steroid dienone is 1.